The summed E-state index contributed by atoms with van der Waals surface area (Å²) in [5.74, 6) is 5.67. The zero-order valence-corrected chi connectivity index (χ0v) is 13.3. The maximum atomic E-state index is 12.3. The number of fused-ring (bicyclic) bond motifs is 3. The maximum Gasteiger partial charge on any atom is 0.410 e. The second kappa shape index (κ2) is 5.55. The third kappa shape index (κ3) is 2.12. The molecule has 0 aromatic carbocycles. The zero-order valence-electron chi connectivity index (χ0n) is 13.3. The van der Waals surface area contributed by atoms with Crippen molar-refractivity contribution in [3.05, 3.63) is 22.5 Å². The molecule has 120 valence electrons. The quantitative estimate of drug-likeness (QED) is 0.502. The number of ether oxygens (including phenoxy) is 1. The number of nitrogens with one attached hydrogen (secondary N) is 2. The Bertz CT molecular complexity index is 589. The minimum Gasteiger partial charge on any atom is -0.450 e. The Labute approximate surface area is 130 Å². The van der Waals surface area contributed by atoms with Gasteiger partial charge in [0.2, 0.25) is 0 Å². The van der Waals surface area contributed by atoms with Crippen LogP contribution in [0.5, 0.6) is 0 Å². The lowest BCUT2D eigenvalue weighted by Gasteiger charge is -2.40. The zero-order chi connectivity index (χ0) is 15.9. The van der Waals surface area contributed by atoms with Gasteiger partial charge in [0.05, 0.1) is 18.3 Å². The van der Waals surface area contributed by atoms with Crippen molar-refractivity contribution in [2.45, 2.75) is 52.1 Å². The van der Waals surface area contributed by atoms with Crippen LogP contribution in [0, 0.1) is 0 Å². The fourth-order valence-corrected chi connectivity index (χ4v) is 3.63. The minimum absolute atomic E-state index is 0.0148. The van der Waals surface area contributed by atoms with Crippen LogP contribution in [-0.4, -0.2) is 35.4 Å². The van der Waals surface area contributed by atoms with Crippen molar-refractivity contribution in [1.82, 2.24) is 15.8 Å². The summed E-state index contributed by atoms with van der Waals surface area (Å²) in [7, 11) is 0. The number of carbonyl (C=O) groups excluding carboxylic acids is 1. The molecule has 7 heteroatoms. The van der Waals surface area contributed by atoms with E-state index < -0.39 is 0 Å². The molecule has 1 fully saturated rings. The molecule has 0 radical (unpaired) electrons. The predicted molar refractivity (Wildman–Crippen MR) is 83.6 cm³/mol. The molecule has 2 bridgehead atoms. The lowest BCUT2D eigenvalue weighted by atomic mass is 9.90. The molecular weight excluding hydrogens is 282 g/mol. The SMILES string of the molecule is CCOC(=O)N1C2CCC1C1=C(C2)NNC(=C(C)C)C1=NN. The molecule has 3 aliphatic rings. The third-order valence-corrected chi connectivity index (χ3v) is 4.54. The van der Waals surface area contributed by atoms with Crippen LogP contribution < -0.4 is 16.7 Å². The van der Waals surface area contributed by atoms with E-state index in [1.807, 2.05) is 25.7 Å². The summed E-state index contributed by atoms with van der Waals surface area (Å²) in [4.78, 5) is 14.2. The van der Waals surface area contributed by atoms with Gasteiger partial charge in [0.15, 0.2) is 0 Å². The van der Waals surface area contributed by atoms with Crippen LogP contribution in [0.15, 0.2) is 27.6 Å². The molecule has 0 spiro atoms. The highest BCUT2D eigenvalue weighted by Gasteiger charge is 2.47. The Hall–Kier alpha value is -2.18. The highest BCUT2D eigenvalue weighted by molar-refractivity contribution is 6.14. The van der Waals surface area contributed by atoms with Crippen molar-refractivity contribution in [2.24, 2.45) is 10.9 Å². The molecule has 3 heterocycles. The second-order valence-electron chi connectivity index (χ2n) is 6.05. The monoisotopic (exact) mass is 305 g/mol. The van der Waals surface area contributed by atoms with Gasteiger partial charge in [-0.1, -0.05) is 0 Å². The molecule has 4 N–H and O–H groups in total. The average molecular weight is 305 g/mol. The van der Waals surface area contributed by atoms with Gasteiger partial charge in [0, 0.05) is 23.7 Å². The third-order valence-electron chi connectivity index (χ3n) is 4.54. The topological polar surface area (TPSA) is 92.0 Å². The number of hydrogen-bond acceptors (Lipinski definition) is 6. The maximum absolute atomic E-state index is 12.3. The van der Waals surface area contributed by atoms with Gasteiger partial charge in [0.25, 0.3) is 0 Å². The van der Waals surface area contributed by atoms with Gasteiger partial charge in [-0.25, -0.2) is 4.79 Å². The minimum atomic E-state index is -0.241. The molecule has 2 atom stereocenters. The van der Waals surface area contributed by atoms with E-state index in [0.29, 0.717) is 6.61 Å². The van der Waals surface area contributed by atoms with Gasteiger partial charge in [-0.2, -0.15) is 5.10 Å². The van der Waals surface area contributed by atoms with Crippen LogP contribution in [0.25, 0.3) is 0 Å². The van der Waals surface area contributed by atoms with E-state index in [4.69, 9.17) is 10.6 Å². The van der Waals surface area contributed by atoms with Gasteiger partial charge >= 0.3 is 6.09 Å². The van der Waals surface area contributed by atoms with Crippen LogP contribution in [0.2, 0.25) is 0 Å². The summed E-state index contributed by atoms with van der Waals surface area (Å²) in [6.07, 6.45) is 2.42. The van der Waals surface area contributed by atoms with Crippen LogP contribution >= 0.6 is 0 Å². The van der Waals surface area contributed by atoms with Crippen molar-refractivity contribution in [2.75, 3.05) is 6.61 Å². The molecule has 0 aromatic rings. The molecule has 1 amide bonds. The molecule has 0 aromatic heterocycles. The van der Waals surface area contributed by atoms with Crippen LogP contribution in [0.3, 0.4) is 0 Å². The Kier molecular flexibility index (Phi) is 3.72. The van der Waals surface area contributed by atoms with Gasteiger partial charge in [0.1, 0.15) is 5.71 Å². The normalized spacial score (nSPS) is 28.2. The largest absolute Gasteiger partial charge is 0.450 e. The highest BCUT2D eigenvalue weighted by Crippen LogP contribution is 2.41. The Morgan fingerprint density at radius 2 is 2.18 bits per heavy atom. The predicted octanol–water partition coefficient (Wildman–Crippen LogP) is 1.35. The molecule has 0 aliphatic carbocycles. The first-order valence-corrected chi connectivity index (χ1v) is 7.74. The molecule has 0 saturated carbocycles. The number of hydrazine groups is 1. The molecule has 3 rings (SSSR count). The average Bonchev–Trinajstić information content (AvgIpc) is 2.81. The van der Waals surface area contributed by atoms with E-state index in [-0.39, 0.29) is 18.2 Å². The number of rotatable bonds is 1. The van der Waals surface area contributed by atoms with Crippen LogP contribution in [0.1, 0.15) is 40.0 Å². The van der Waals surface area contributed by atoms with Crippen molar-refractivity contribution in [1.29, 1.82) is 0 Å². The van der Waals surface area contributed by atoms with Crippen LogP contribution in [0.4, 0.5) is 4.79 Å². The van der Waals surface area contributed by atoms with Crippen molar-refractivity contribution in [3.8, 4) is 0 Å². The number of nitrogens with two attached hydrogens (primary N) is 1. The van der Waals surface area contributed by atoms with Gasteiger partial charge < -0.3 is 16.0 Å². The molecule has 2 unspecified atom stereocenters. The number of amides is 1. The molecular formula is C15H23N5O2. The molecule has 3 aliphatic heterocycles. The van der Waals surface area contributed by atoms with Crippen molar-refractivity contribution in [3.63, 3.8) is 0 Å². The molecule has 22 heavy (non-hydrogen) atoms. The first-order valence-electron chi connectivity index (χ1n) is 7.74. The van der Waals surface area contributed by atoms with Gasteiger partial charge in [-0.15, -0.1) is 0 Å². The number of hydrazone groups is 1. The first-order chi connectivity index (χ1) is 10.6. The number of carbonyl (C=O) groups is 1. The second-order valence-corrected chi connectivity index (χ2v) is 6.05. The lowest BCUT2D eigenvalue weighted by Crippen LogP contribution is -2.53. The summed E-state index contributed by atoms with van der Waals surface area (Å²) in [6.45, 7) is 6.22. The van der Waals surface area contributed by atoms with E-state index >= 15 is 0 Å². The summed E-state index contributed by atoms with van der Waals surface area (Å²) < 4.78 is 5.23. The Balaban J connectivity index is 2.01. The fraction of sp³-hybridized carbons (Fsp3) is 0.600. The Morgan fingerprint density at radius 1 is 1.41 bits per heavy atom. The van der Waals surface area contributed by atoms with E-state index in [2.05, 4.69) is 16.0 Å². The smallest absolute Gasteiger partial charge is 0.410 e. The van der Waals surface area contributed by atoms with E-state index in [1.165, 1.54) is 0 Å². The fourth-order valence-electron chi connectivity index (χ4n) is 3.63. The molecule has 7 nitrogen and oxygen atoms in total. The number of allylic oxidation sites excluding steroid dienone is 2. The number of hydrogen-bond donors (Lipinski definition) is 3. The summed E-state index contributed by atoms with van der Waals surface area (Å²) >= 11 is 0. The summed E-state index contributed by atoms with van der Waals surface area (Å²) in [5, 5.41) is 4.01. The number of nitrogens with zero attached hydrogens (tertiary/aromatic N) is 2. The van der Waals surface area contributed by atoms with Crippen molar-refractivity contribution >= 4 is 11.8 Å². The summed E-state index contributed by atoms with van der Waals surface area (Å²) in [6, 6.07) is 0.170. The lowest BCUT2D eigenvalue weighted by molar-refractivity contribution is 0.0895. The standard InChI is InChI=1S/C15H23N5O2/c1-4-22-15(21)20-9-5-6-11(20)12-10(7-9)18-19-13(8(2)3)14(12)17-16/h9,11,18-19H,4-7,16H2,1-3H3. The van der Waals surface area contributed by atoms with Crippen LogP contribution in [-0.2, 0) is 4.74 Å². The summed E-state index contributed by atoms with van der Waals surface area (Å²) in [5.41, 5.74) is 11.3. The van der Waals surface area contributed by atoms with E-state index in [1.54, 1.807) is 0 Å². The molecule has 1 saturated heterocycles. The Morgan fingerprint density at radius 3 is 2.82 bits per heavy atom. The first kappa shape index (κ1) is 14.7. The highest BCUT2D eigenvalue weighted by atomic mass is 16.6. The van der Waals surface area contributed by atoms with E-state index in [9.17, 15) is 4.79 Å². The van der Waals surface area contributed by atoms with E-state index in [0.717, 1.165) is 47.5 Å². The van der Waals surface area contributed by atoms with Crippen molar-refractivity contribution < 1.29 is 9.53 Å². The van der Waals surface area contributed by atoms with Gasteiger partial charge in [-0.3, -0.25) is 10.3 Å². The van der Waals surface area contributed by atoms with Gasteiger partial charge in [-0.05, 0) is 39.2 Å².